The second-order valence-electron chi connectivity index (χ2n) is 15.4. The number of alkyl halides is 5. The molecule has 3 saturated heterocycles. The lowest BCUT2D eigenvalue weighted by atomic mass is 9.89. The predicted octanol–water partition coefficient (Wildman–Crippen LogP) is 7.26. The second-order valence-corrected chi connectivity index (χ2v) is 15.4. The fourth-order valence-corrected chi connectivity index (χ4v) is 8.85. The number of anilines is 1. The largest absolute Gasteiger partial charge is 0.508 e. The van der Waals surface area contributed by atoms with E-state index < -0.39 is 57.1 Å². The number of benzene rings is 3. The van der Waals surface area contributed by atoms with Crippen LogP contribution in [0.3, 0.4) is 0 Å². The fraction of sp³-hybridized carbons (Fsp3) is 0.474. The average molecular weight is 726 g/mol. The first-order valence-corrected chi connectivity index (χ1v) is 17.5. The van der Waals surface area contributed by atoms with Crippen molar-refractivity contribution in [1.82, 2.24) is 20.2 Å². The summed E-state index contributed by atoms with van der Waals surface area (Å²) in [6.07, 6.45) is 4.14. The molecular formula is C38H34F7N5O2. The summed E-state index contributed by atoms with van der Waals surface area (Å²) in [5.41, 5.74) is -4.87. The van der Waals surface area contributed by atoms with E-state index in [-0.39, 0.29) is 64.1 Å². The van der Waals surface area contributed by atoms with E-state index in [2.05, 4.69) is 21.2 Å². The number of ether oxygens (including phenoxy) is 1. The van der Waals surface area contributed by atoms with Crippen molar-refractivity contribution in [2.45, 2.75) is 62.7 Å². The van der Waals surface area contributed by atoms with E-state index in [9.17, 15) is 18.3 Å². The van der Waals surface area contributed by atoms with E-state index in [0.29, 0.717) is 39.1 Å². The van der Waals surface area contributed by atoms with Crippen LogP contribution in [0.5, 0.6) is 11.8 Å². The van der Waals surface area contributed by atoms with E-state index in [1.165, 1.54) is 12.1 Å². The Hall–Kier alpha value is -4.35. The van der Waals surface area contributed by atoms with Crippen LogP contribution in [-0.2, 0) is 6.18 Å². The van der Waals surface area contributed by atoms with Gasteiger partial charge in [0.2, 0.25) is 0 Å². The van der Waals surface area contributed by atoms with Gasteiger partial charge in [-0.25, -0.2) is 17.6 Å². The molecule has 1 spiro atoms. The van der Waals surface area contributed by atoms with Gasteiger partial charge in [-0.05, 0) is 73.9 Å². The van der Waals surface area contributed by atoms with E-state index in [1.807, 2.05) is 9.80 Å². The first kappa shape index (κ1) is 33.5. The highest BCUT2D eigenvalue weighted by Crippen LogP contribution is 2.65. The van der Waals surface area contributed by atoms with Crippen molar-refractivity contribution in [3.05, 3.63) is 53.1 Å². The molecule has 5 fully saturated rings. The Morgan fingerprint density at radius 1 is 1.04 bits per heavy atom. The van der Waals surface area contributed by atoms with Gasteiger partial charge in [-0.1, -0.05) is 12.0 Å². The van der Waals surface area contributed by atoms with Crippen LogP contribution in [0.1, 0.15) is 49.7 Å². The third-order valence-corrected chi connectivity index (χ3v) is 11.8. The molecule has 14 heteroatoms. The Labute approximate surface area is 294 Å². The maximum atomic E-state index is 17.2. The van der Waals surface area contributed by atoms with E-state index in [1.54, 1.807) is 0 Å². The highest BCUT2D eigenvalue weighted by Gasteiger charge is 2.72. The van der Waals surface area contributed by atoms with E-state index >= 15 is 17.6 Å². The topological polar surface area (TPSA) is 73.8 Å². The van der Waals surface area contributed by atoms with Crippen LogP contribution in [-0.4, -0.2) is 77.3 Å². The minimum atomic E-state index is -5.10. The van der Waals surface area contributed by atoms with Gasteiger partial charge in [0.15, 0.2) is 5.82 Å². The fourth-order valence-electron chi connectivity index (χ4n) is 8.85. The summed E-state index contributed by atoms with van der Waals surface area (Å²) < 4.78 is 112. The number of phenolic OH excluding ortho intramolecular Hbond substituents is 1. The lowest BCUT2D eigenvalue weighted by Crippen LogP contribution is -2.51. The summed E-state index contributed by atoms with van der Waals surface area (Å²) in [5, 5.41) is 13.8. The molecule has 0 amide bonds. The molecule has 9 rings (SSSR count). The number of hydrogen-bond donors (Lipinski definition) is 2. The highest BCUT2D eigenvalue weighted by atomic mass is 19.4. The van der Waals surface area contributed by atoms with Gasteiger partial charge in [0.05, 0.1) is 23.1 Å². The summed E-state index contributed by atoms with van der Waals surface area (Å²) in [6, 6.07) is 5.13. The normalized spacial score (nSPS) is 26.0. The molecule has 3 aliphatic heterocycles. The zero-order valence-electron chi connectivity index (χ0n) is 27.9. The summed E-state index contributed by atoms with van der Waals surface area (Å²) in [4.78, 5) is 12.8. The molecule has 2 N–H and O–H groups in total. The van der Waals surface area contributed by atoms with Crippen LogP contribution in [0.2, 0.25) is 0 Å². The molecule has 3 atom stereocenters. The molecule has 2 saturated carbocycles. The van der Waals surface area contributed by atoms with Crippen molar-refractivity contribution < 1.29 is 40.6 Å². The van der Waals surface area contributed by atoms with Crippen molar-refractivity contribution >= 4 is 27.5 Å². The van der Waals surface area contributed by atoms with Crippen LogP contribution in [0.25, 0.3) is 32.8 Å². The number of aromatic nitrogens is 2. The first-order valence-electron chi connectivity index (χ1n) is 17.5. The lowest BCUT2D eigenvalue weighted by Gasteiger charge is -2.34. The molecule has 272 valence electrons. The van der Waals surface area contributed by atoms with Crippen LogP contribution in [0.4, 0.5) is 36.6 Å². The number of nitrogens with zero attached hydrogens (tertiary/aromatic N) is 4. The molecule has 52 heavy (non-hydrogen) atoms. The number of piperazine rings is 1. The SMILES string of the molecule is C#Cc1c(F)ccc2cc(O)cc(-c3c(C(F)(F)F)cc4c(N5CC6CCC(C5)N6)nc(OCC5(CN6CCC7(C6)CC7(F)F)CC5)nc4c3F)c12. The number of rotatable bonds is 7. The molecular weight excluding hydrogens is 691 g/mol. The zero-order valence-corrected chi connectivity index (χ0v) is 27.9. The summed E-state index contributed by atoms with van der Waals surface area (Å²) in [7, 11) is 0. The van der Waals surface area contributed by atoms with Crippen LogP contribution in [0, 0.1) is 34.8 Å². The number of hydrogen-bond acceptors (Lipinski definition) is 7. The second kappa shape index (κ2) is 11.3. The quantitative estimate of drug-likeness (QED) is 0.154. The Morgan fingerprint density at radius 2 is 1.77 bits per heavy atom. The Morgan fingerprint density at radius 3 is 2.40 bits per heavy atom. The molecule has 7 nitrogen and oxygen atoms in total. The molecule has 0 radical (unpaired) electrons. The first-order chi connectivity index (χ1) is 24.7. The molecule has 3 unspecified atom stereocenters. The van der Waals surface area contributed by atoms with Crippen LogP contribution < -0.4 is 15.0 Å². The van der Waals surface area contributed by atoms with Crippen molar-refractivity contribution in [2.75, 3.05) is 44.2 Å². The molecule has 4 heterocycles. The molecule has 3 aromatic carbocycles. The average Bonchev–Trinajstić information content (AvgIpc) is 3.85. The summed E-state index contributed by atoms with van der Waals surface area (Å²) in [5.74, 6) is -3.10. The minimum absolute atomic E-state index is 0.0624. The number of terminal acetylenes is 1. The third kappa shape index (κ3) is 5.41. The number of phenols is 1. The van der Waals surface area contributed by atoms with Crippen molar-refractivity contribution in [3.63, 3.8) is 0 Å². The van der Waals surface area contributed by atoms with Crippen LogP contribution >= 0.6 is 0 Å². The molecule has 2 bridgehead atoms. The maximum absolute atomic E-state index is 17.2. The van der Waals surface area contributed by atoms with Gasteiger partial charge in [0, 0.05) is 66.4 Å². The van der Waals surface area contributed by atoms with Gasteiger partial charge in [-0.15, -0.1) is 6.42 Å². The molecule has 2 aliphatic carbocycles. The smallest absolute Gasteiger partial charge is 0.417 e. The van der Waals surface area contributed by atoms with E-state index in [0.717, 1.165) is 43.9 Å². The van der Waals surface area contributed by atoms with Crippen molar-refractivity contribution in [3.8, 4) is 35.2 Å². The lowest BCUT2D eigenvalue weighted by molar-refractivity contribution is -0.137. The maximum Gasteiger partial charge on any atom is 0.417 e. The Bertz CT molecular complexity index is 2190. The van der Waals surface area contributed by atoms with Crippen molar-refractivity contribution in [1.29, 1.82) is 0 Å². The predicted molar refractivity (Wildman–Crippen MR) is 179 cm³/mol. The molecule has 4 aromatic rings. The minimum Gasteiger partial charge on any atom is -0.508 e. The summed E-state index contributed by atoms with van der Waals surface area (Å²) >= 11 is 0. The van der Waals surface area contributed by atoms with Gasteiger partial charge in [0.25, 0.3) is 5.92 Å². The Kier molecular flexibility index (Phi) is 7.29. The van der Waals surface area contributed by atoms with E-state index in [4.69, 9.17) is 11.2 Å². The van der Waals surface area contributed by atoms with Crippen LogP contribution in [0.15, 0.2) is 30.3 Å². The monoisotopic (exact) mass is 725 g/mol. The number of likely N-dealkylation sites (tertiary alicyclic amines) is 1. The van der Waals surface area contributed by atoms with Gasteiger partial charge in [-0.3, -0.25) is 0 Å². The summed E-state index contributed by atoms with van der Waals surface area (Å²) in [6.45, 7) is 2.36. The van der Waals surface area contributed by atoms with Gasteiger partial charge < -0.3 is 25.0 Å². The zero-order chi connectivity index (χ0) is 36.4. The van der Waals surface area contributed by atoms with Gasteiger partial charge in [0.1, 0.15) is 22.9 Å². The van der Waals surface area contributed by atoms with Gasteiger partial charge in [-0.2, -0.15) is 23.1 Å². The Balaban J connectivity index is 1.16. The number of aromatic hydroxyl groups is 1. The molecule has 5 aliphatic rings. The third-order valence-electron chi connectivity index (χ3n) is 11.8. The van der Waals surface area contributed by atoms with Gasteiger partial charge >= 0.3 is 12.2 Å². The molecule has 1 aromatic heterocycles. The highest BCUT2D eigenvalue weighted by molar-refractivity contribution is 6.05. The number of fused-ring (bicyclic) bond motifs is 4. The van der Waals surface area contributed by atoms with Crippen molar-refractivity contribution in [2.24, 2.45) is 10.8 Å². The number of halogens is 7. The number of nitrogens with one attached hydrogen (secondary N) is 1. The standard InChI is InChI=1S/C38H34F7N5O2/c1-2-24-28(39)6-3-20-11-23(51)12-25(29(20)24)30-27(38(43,44)45)13-26-32(31(30)40)47-34(48-33(26)50-14-21-4-5-22(15-50)46-21)52-19-35(7-8-35)17-49-10-9-36(18-49)16-37(36,41)42/h1,3,6,11-13,21-22,46,51H,4-5,7-10,14-19H2.